The van der Waals surface area contributed by atoms with E-state index in [0.717, 1.165) is 12.8 Å². The van der Waals surface area contributed by atoms with Gasteiger partial charge in [-0.3, -0.25) is 0 Å². The Bertz CT molecular complexity index is 508. The lowest BCUT2D eigenvalue weighted by molar-refractivity contribution is 0.135. The molecule has 0 aromatic carbocycles. The molecule has 1 saturated carbocycles. The first-order valence-corrected chi connectivity index (χ1v) is 9.78. The van der Waals surface area contributed by atoms with Gasteiger partial charge in [0.15, 0.2) is 9.84 Å². The summed E-state index contributed by atoms with van der Waals surface area (Å²) in [5.41, 5.74) is 1.27. The van der Waals surface area contributed by atoms with E-state index in [9.17, 15) is 13.2 Å². The van der Waals surface area contributed by atoms with Crippen LogP contribution in [0.15, 0.2) is 11.8 Å². The molecule has 0 aromatic heterocycles. The third kappa shape index (κ3) is 4.98. The number of nitrogens with zero attached hydrogens (tertiary/aromatic N) is 1. The van der Waals surface area contributed by atoms with Crippen molar-refractivity contribution in [2.75, 3.05) is 31.8 Å². The number of carbonyl (C=O) groups excluding carboxylic acids is 1. The van der Waals surface area contributed by atoms with Crippen LogP contribution in [0.4, 0.5) is 4.79 Å². The summed E-state index contributed by atoms with van der Waals surface area (Å²) in [5.74, 6) is 0.218. The average molecular weight is 330 g/mol. The summed E-state index contributed by atoms with van der Waals surface area (Å²) in [4.78, 5) is 14.0. The Hall–Kier alpha value is -1.08. The normalized spacial score (nSPS) is 24.0. The van der Waals surface area contributed by atoms with Gasteiger partial charge in [0.2, 0.25) is 0 Å². The van der Waals surface area contributed by atoms with Crippen LogP contribution in [-0.2, 0) is 14.6 Å². The highest BCUT2D eigenvalue weighted by Gasteiger charge is 2.34. The molecule has 1 heterocycles. The first-order valence-electron chi connectivity index (χ1n) is 7.96. The molecule has 0 bridgehead atoms. The molecule has 2 amide bonds. The van der Waals surface area contributed by atoms with Crippen LogP contribution in [0.2, 0.25) is 0 Å². The summed E-state index contributed by atoms with van der Waals surface area (Å²) in [6.45, 7) is 0.812. The van der Waals surface area contributed by atoms with Gasteiger partial charge in [-0.2, -0.15) is 0 Å². The maximum Gasteiger partial charge on any atom is 0.321 e. The molecule has 1 N–H and O–H groups in total. The molecular weight excluding hydrogens is 304 g/mol. The lowest BCUT2D eigenvalue weighted by Gasteiger charge is -2.27. The number of amides is 2. The van der Waals surface area contributed by atoms with Crippen molar-refractivity contribution in [3.63, 3.8) is 0 Å². The van der Waals surface area contributed by atoms with Crippen LogP contribution in [0.25, 0.3) is 0 Å². The zero-order valence-corrected chi connectivity index (χ0v) is 14.0. The predicted molar refractivity (Wildman–Crippen MR) is 85.3 cm³/mol. The van der Waals surface area contributed by atoms with Crippen LogP contribution in [0.3, 0.4) is 0 Å². The standard InChI is InChI=1S/C15H26N2O4S/c1-21-9-8-17(14-7-10-22(19,20)12-14)15(18)16-11-13-5-3-2-4-6-13/h11,14H,2-10,12H2,1H3,(H,16,18). The number of urea groups is 1. The predicted octanol–water partition coefficient (Wildman–Crippen LogP) is 1.68. The quantitative estimate of drug-likeness (QED) is 0.832. The van der Waals surface area contributed by atoms with E-state index in [1.54, 1.807) is 12.0 Å². The topological polar surface area (TPSA) is 75.7 Å². The summed E-state index contributed by atoms with van der Waals surface area (Å²) in [7, 11) is -1.44. The van der Waals surface area contributed by atoms with Crippen molar-refractivity contribution in [2.45, 2.75) is 44.6 Å². The first-order chi connectivity index (χ1) is 10.5. The lowest BCUT2D eigenvalue weighted by Crippen LogP contribution is -2.47. The van der Waals surface area contributed by atoms with Crippen LogP contribution in [0.5, 0.6) is 0 Å². The second-order valence-electron chi connectivity index (χ2n) is 6.06. The minimum atomic E-state index is -3.01. The van der Waals surface area contributed by atoms with Crippen LogP contribution >= 0.6 is 0 Å². The highest BCUT2D eigenvalue weighted by Crippen LogP contribution is 2.22. The third-order valence-corrected chi connectivity index (χ3v) is 6.09. The monoisotopic (exact) mass is 330 g/mol. The van der Waals surface area contributed by atoms with E-state index in [1.807, 2.05) is 6.20 Å². The van der Waals surface area contributed by atoms with E-state index in [2.05, 4.69) is 5.32 Å². The molecule has 0 radical (unpaired) electrons. The molecule has 7 heteroatoms. The van der Waals surface area contributed by atoms with Crippen molar-refractivity contribution < 1.29 is 17.9 Å². The fraction of sp³-hybridized carbons (Fsp3) is 0.800. The molecular formula is C15H26N2O4S. The fourth-order valence-electron chi connectivity index (χ4n) is 3.06. The molecule has 1 aliphatic heterocycles. The number of sulfone groups is 1. The molecule has 1 unspecified atom stereocenters. The van der Waals surface area contributed by atoms with Gasteiger partial charge in [-0.05, 0) is 32.1 Å². The number of methoxy groups -OCH3 is 1. The Morgan fingerprint density at radius 1 is 1.36 bits per heavy atom. The average Bonchev–Trinajstić information content (AvgIpc) is 2.86. The molecule has 1 atom stereocenters. The minimum absolute atomic E-state index is 0.0563. The SMILES string of the molecule is COCCN(C(=O)NC=C1CCCCC1)C1CCS(=O)(=O)C1. The number of carbonyl (C=O) groups is 1. The Kier molecular flexibility index (Phi) is 6.26. The Labute approximate surface area is 132 Å². The van der Waals surface area contributed by atoms with Crippen molar-refractivity contribution in [1.29, 1.82) is 0 Å². The van der Waals surface area contributed by atoms with Gasteiger partial charge in [-0.15, -0.1) is 0 Å². The van der Waals surface area contributed by atoms with E-state index in [-0.39, 0.29) is 23.6 Å². The zero-order valence-electron chi connectivity index (χ0n) is 13.2. The van der Waals surface area contributed by atoms with E-state index in [0.29, 0.717) is 19.6 Å². The molecule has 1 aliphatic carbocycles. The van der Waals surface area contributed by atoms with Crippen LogP contribution in [0, 0.1) is 0 Å². The van der Waals surface area contributed by atoms with Gasteiger partial charge < -0.3 is 15.0 Å². The van der Waals surface area contributed by atoms with Crippen molar-refractivity contribution in [1.82, 2.24) is 10.2 Å². The van der Waals surface area contributed by atoms with Gasteiger partial charge >= 0.3 is 6.03 Å². The van der Waals surface area contributed by atoms with Crippen LogP contribution in [0.1, 0.15) is 38.5 Å². The number of allylic oxidation sites excluding steroid dienone is 1. The fourth-order valence-corrected chi connectivity index (χ4v) is 4.79. The Morgan fingerprint density at radius 2 is 2.09 bits per heavy atom. The number of hydrogen-bond acceptors (Lipinski definition) is 4. The number of ether oxygens (including phenoxy) is 1. The van der Waals surface area contributed by atoms with Crippen LogP contribution < -0.4 is 5.32 Å². The first kappa shape index (κ1) is 17.3. The number of hydrogen-bond donors (Lipinski definition) is 1. The maximum atomic E-state index is 12.4. The molecule has 126 valence electrons. The van der Waals surface area contributed by atoms with Crippen LogP contribution in [-0.4, -0.2) is 57.2 Å². The molecule has 1 saturated heterocycles. The van der Waals surface area contributed by atoms with E-state index in [4.69, 9.17) is 4.74 Å². The lowest BCUT2D eigenvalue weighted by atomic mass is 9.96. The summed E-state index contributed by atoms with van der Waals surface area (Å²) >= 11 is 0. The Balaban J connectivity index is 1.96. The maximum absolute atomic E-state index is 12.4. The number of rotatable bonds is 5. The molecule has 2 rings (SSSR count). The third-order valence-electron chi connectivity index (χ3n) is 4.34. The molecule has 6 nitrogen and oxygen atoms in total. The summed E-state index contributed by atoms with van der Waals surface area (Å²) in [6, 6.07) is -0.470. The van der Waals surface area contributed by atoms with E-state index in [1.165, 1.54) is 24.8 Å². The second kappa shape index (κ2) is 7.97. The van der Waals surface area contributed by atoms with Crippen molar-refractivity contribution in [2.24, 2.45) is 0 Å². The van der Waals surface area contributed by atoms with Gasteiger partial charge in [0, 0.05) is 25.9 Å². The van der Waals surface area contributed by atoms with Crippen molar-refractivity contribution >= 4 is 15.9 Å². The summed E-state index contributed by atoms with van der Waals surface area (Å²) < 4.78 is 28.3. The second-order valence-corrected chi connectivity index (χ2v) is 8.28. The van der Waals surface area contributed by atoms with Crippen molar-refractivity contribution in [3.05, 3.63) is 11.8 Å². The van der Waals surface area contributed by atoms with E-state index >= 15 is 0 Å². The largest absolute Gasteiger partial charge is 0.383 e. The molecule has 0 aromatic rings. The highest BCUT2D eigenvalue weighted by molar-refractivity contribution is 7.91. The van der Waals surface area contributed by atoms with Gasteiger partial charge in [-0.25, -0.2) is 13.2 Å². The van der Waals surface area contributed by atoms with Crippen molar-refractivity contribution in [3.8, 4) is 0 Å². The zero-order chi connectivity index (χ0) is 16.0. The van der Waals surface area contributed by atoms with Gasteiger partial charge in [0.05, 0.1) is 18.1 Å². The van der Waals surface area contributed by atoms with Gasteiger partial charge in [0.1, 0.15) is 0 Å². The van der Waals surface area contributed by atoms with E-state index < -0.39 is 9.84 Å². The summed E-state index contributed by atoms with van der Waals surface area (Å²) in [6.07, 6.45) is 8.00. The summed E-state index contributed by atoms with van der Waals surface area (Å²) in [5, 5.41) is 2.84. The minimum Gasteiger partial charge on any atom is -0.383 e. The molecule has 2 aliphatic rings. The Morgan fingerprint density at radius 3 is 2.68 bits per heavy atom. The van der Waals surface area contributed by atoms with Gasteiger partial charge in [0.25, 0.3) is 0 Å². The number of nitrogens with one attached hydrogen (secondary N) is 1. The molecule has 22 heavy (non-hydrogen) atoms. The molecule has 2 fully saturated rings. The smallest absolute Gasteiger partial charge is 0.321 e. The highest BCUT2D eigenvalue weighted by atomic mass is 32.2. The molecule has 0 spiro atoms. The van der Waals surface area contributed by atoms with Gasteiger partial charge in [-0.1, -0.05) is 12.0 Å².